The number of hydrogen-bond donors (Lipinski definition) is 0. The predicted octanol–water partition coefficient (Wildman–Crippen LogP) is 18.1. The van der Waals surface area contributed by atoms with Crippen LogP contribution >= 0.6 is 11.3 Å². The average molecular weight is 955 g/mol. The van der Waals surface area contributed by atoms with Gasteiger partial charge in [0.1, 0.15) is 22.3 Å². The van der Waals surface area contributed by atoms with Gasteiger partial charge in [0.15, 0.2) is 0 Å². The summed E-state index contributed by atoms with van der Waals surface area (Å²) in [7, 11) is 0. The van der Waals surface area contributed by atoms with E-state index in [0.29, 0.717) is 0 Å². The zero-order valence-electron chi connectivity index (χ0n) is 42.3. The van der Waals surface area contributed by atoms with Crippen molar-refractivity contribution < 1.29 is 8.83 Å². The predicted molar refractivity (Wildman–Crippen MR) is 308 cm³/mol. The minimum atomic E-state index is -0.176. The van der Waals surface area contributed by atoms with Gasteiger partial charge in [0.2, 0.25) is 0 Å². The second kappa shape index (κ2) is 16.2. The third-order valence-electron chi connectivity index (χ3n) is 16.9. The fourth-order valence-electron chi connectivity index (χ4n) is 12.8. The lowest BCUT2D eigenvalue weighted by atomic mass is 9.46. The molecule has 14 rings (SSSR count). The summed E-state index contributed by atoms with van der Waals surface area (Å²) in [6.07, 6.45) is 9.14. The number of unbranched alkanes of at least 4 members (excludes halogenated alkanes) is 2. The van der Waals surface area contributed by atoms with Crippen molar-refractivity contribution in [1.82, 2.24) is 0 Å². The quantitative estimate of drug-likeness (QED) is 0.135. The number of benzene rings is 8. The van der Waals surface area contributed by atoms with Crippen LogP contribution in [0.25, 0.3) is 76.2 Å². The Morgan fingerprint density at radius 3 is 1.96 bits per heavy atom. The molecule has 0 bridgehead atoms. The highest BCUT2D eigenvalue weighted by atomic mass is 32.1. The molecule has 0 N–H and O–H groups in total. The SMILES string of the molecule is CCCCc1ccc(N2c3cc4c(oc5ccccc54)c4c3B(c3sc5ccc(CCCC)cc5c32)N(c2ccc(-c3ccccc3)cc2)c2cc3oc5cc6c(cc5c3cc2-4)C(C)(C)CCC6(C)C)cc1. The molecule has 2 aliphatic heterocycles. The molecule has 5 heterocycles. The highest BCUT2D eigenvalue weighted by molar-refractivity contribution is 7.32. The normalized spacial score (nSPS) is 15.4. The monoisotopic (exact) mass is 954 g/mol. The van der Waals surface area contributed by atoms with Crippen LogP contribution in [0.4, 0.5) is 28.4 Å². The molecule has 0 saturated heterocycles. The standard InChI is InChI=1S/C66H59BN2O2S/c1-7-9-16-40-22-27-44(28-23-40)68-55-37-49-46-20-14-15-21-56(46)71-63(49)60-50-35-47-48-36-52-53(66(5,6)33-32-65(52,3)4)38-57(48)70-58(47)39-54(50)69(45-29-25-43(26-30-45)42-18-12-11-13-19-42)67(61(55)60)64-62(68)51-34-41(17-10-8-2)24-31-59(51)72-64/h11-15,18-31,34-39H,7-10,16-17,32-33H2,1-6H3. The maximum atomic E-state index is 7.23. The second-order valence-electron chi connectivity index (χ2n) is 22.3. The van der Waals surface area contributed by atoms with Gasteiger partial charge in [-0.25, -0.2) is 0 Å². The van der Waals surface area contributed by atoms with Crippen molar-refractivity contribution in [1.29, 1.82) is 0 Å². The molecule has 354 valence electrons. The van der Waals surface area contributed by atoms with E-state index in [1.54, 1.807) is 0 Å². The number of furan rings is 2. The molecule has 0 spiro atoms. The number of hydrogen-bond acceptors (Lipinski definition) is 5. The average Bonchev–Trinajstić information content (AvgIpc) is 4.09. The number of thiophene rings is 1. The van der Waals surface area contributed by atoms with Crippen molar-refractivity contribution in [3.8, 4) is 22.3 Å². The van der Waals surface area contributed by atoms with E-state index in [2.05, 4.69) is 203 Å². The molecule has 72 heavy (non-hydrogen) atoms. The molecule has 0 radical (unpaired) electrons. The first-order valence-electron chi connectivity index (χ1n) is 26.5. The van der Waals surface area contributed by atoms with Gasteiger partial charge in [-0.1, -0.05) is 133 Å². The Kier molecular flexibility index (Phi) is 9.87. The Balaban J connectivity index is 1.11. The van der Waals surface area contributed by atoms with Crippen LogP contribution in [-0.2, 0) is 23.7 Å². The van der Waals surface area contributed by atoms with Crippen LogP contribution in [0, 0.1) is 0 Å². The van der Waals surface area contributed by atoms with E-state index < -0.39 is 0 Å². The number of anilines is 5. The van der Waals surface area contributed by atoms with Crippen LogP contribution in [0.3, 0.4) is 0 Å². The summed E-state index contributed by atoms with van der Waals surface area (Å²) in [5.74, 6) is 0. The highest BCUT2D eigenvalue weighted by Crippen LogP contribution is 2.55. The molecule has 11 aromatic rings. The van der Waals surface area contributed by atoms with Gasteiger partial charge in [0.25, 0.3) is 0 Å². The molecule has 0 atom stereocenters. The minimum absolute atomic E-state index is 0.0576. The Hall–Kier alpha value is -7.02. The smallest absolute Gasteiger partial charge is 0.343 e. The summed E-state index contributed by atoms with van der Waals surface area (Å²) in [5.41, 5.74) is 21.4. The molecular formula is C66H59BN2O2S. The topological polar surface area (TPSA) is 32.8 Å². The van der Waals surface area contributed by atoms with E-state index in [1.165, 1.54) is 101 Å². The summed E-state index contributed by atoms with van der Waals surface area (Å²) < 4.78 is 17.0. The van der Waals surface area contributed by atoms with Crippen molar-refractivity contribution in [2.75, 3.05) is 9.71 Å². The first kappa shape index (κ1) is 43.7. The third kappa shape index (κ3) is 6.57. The van der Waals surface area contributed by atoms with Gasteiger partial charge < -0.3 is 18.5 Å². The van der Waals surface area contributed by atoms with E-state index in [1.807, 2.05) is 11.3 Å². The highest BCUT2D eigenvalue weighted by Gasteiger charge is 2.49. The molecule has 3 aliphatic rings. The van der Waals surface area contributed by atoms with Crippen LogP contribution in [0.2, 0.25) is 0 Å². The van der Waals surface area contributed by atoms with Gasteiger partial charge in [-0.3, -0.25) is 0 Å². The van der Waals surface area contributed by atoms with E-state index in [0.717, 1.165) is 87.5 Å². The van der Waals surface area contributed by atoms with Gasteiger partial charge in [0, 0.05) is 76.4 Å². The van der Waals surface area contributed by atoms with Gasteiger partial charge >= 0.3 is 6.85 Å². The van der Waals surface area contributed by atoms with Crippen LogP contribution < -0.4 is 20.0 Å². The van der Waals surface area contributed by atoms with Crippen molar-refractivity contribution in [2.24, 2.45) is 0 Å². The molecule has 3 aromatic heterocycles. The van der Waals surface area contributed by atoms with E-state index in [-0.39, 0.29) is 17.7 Å². The zero-order chi connectivity index (χ0) is 48.6. The molecule has 0 amide bonds. The maximum Gasteiger partial charge on any atom is 0.343 e. The lowest BCUT2D eigenvalue weighted by molar-refractivity contribution is 0.332. The van der Waals surface area contributed by atoms with Crippen molar-refractivity contribution >= 4 is 111 Å². The molecule has 0 fully saturated rings. The van der Waals surface area contributed by atoms with Crippen molar-refractivity contribution in [2.45, 2.75) is 104 Å². The summed E-state index contributed by atoms with van der Waals surface area (Å²) in [4.78, 5) is 5.27. The minimum Gasteiger partial charge on any atom is -0.456 e. The Morgan fingerprint density at radius 2 is 1.19 bits per heavy atom. The molecule has 0 saturated carbocycles. The Morgan fingerprint density at radius 1 is 0.542 bits per heavy atom. The van der Waals surface area contributed by atoms with E-state index >= 15 is 0 Å². The van der Waals surface area contributed by atoms with Gasteiger partial charge in [-0.05, 0) is 155 Å². The lowest BCUT2D eigenvalue weighted by Crippen LogP contribution is -2.60. The molecule has 6 heteroatoms. The molecule has 0 unspecified atom stereocenters. The van der Waals surface area contributed by atoms with Gasteiger partial charge in [-0.15, -0.1) is 11.3 Å². The molecule has 8 aromatic carbocycles. The van der Waals surface area contributed by atoms with Crippen LogP contribution in [0.1, 0.15) is 102 Å². The largest absolute Gasteiger partial charge is 0.456 e. The van der Waals surface area contributed by atoms with Crippen LogP contribution in [-0.4, -0.2) is 6.85 Å². The second-order valence-corrected chi connectivity index (χ2v) is 23.4. The van der Waals surface area contributed by atoms with E-state index in [9.17, 15) is 0 Å². The molecule has 4 nitrogen and oxygen atoms in total. The third-order valence-corrected chi connectivity index (χ3v) is 18.1. The zero-order valence-corrected chi connectivity index (χ0v) is 43.1. The number of aryl methyl sites for hydroxylation is 2. The number of para-hydroxylation sites is 1. The summed E-state index contributed by atoms with van der Waals surface area (Å²) in [6, 6.07) is 57.6. The summed E-state index contributed by atoms with van der Waals surface area (Å²) in [6.45, 7) is 14.1. The number of rotatable bonds is 9. The fraction of sp³-hybridized carbons (Fsp3) is 0.242. The lowest BCUT2D eigenvalue weighted by Gasteiger charge is -2.44. The Labute approximate surface area is 427 Å². The molecule has 1 aliphatic carbocycles. The number of fused-ring (bicyclic) bond motifs is 14. The van der Waals surface area contributed by atoms with Crippen molar-refractivity contribution in [3.63, 3.8) is 0 Å². The fourth-order valence-corrected chi connectivity index (χ4v) is 14.1. The maximum absolute atomic E-state index is 7.23. The van der Waals surface area contributed by atoms with Crippen molar-refractivity contribution in [3.05, 3.63) is 174 Å². The number of nitrogens with zero attached hydrogens (tertiary/aromatic N) is 2. The van der Waals surface area contributed by atoms with Gasteiger partial charge in [0.05, 0.1) is 5.69 Å². The first-order chi connectivity index (χ1) is 35.1. The summed E-state index contributed by atoms with van der Waals surface area (Å²) >= 11 is 1.95. The van der Waals surface area contributed by atoms with Gasteiger partial charge in [-0.2, -0.15) is 0 Å². The van der Waals surface area contributed by atoms with E-state index in [4.69, 9.17) is 8.83 Å². The van der Waals surface area contributed by atoms with Crippen LogP contribution in [0.15, 0.2) is 160 Å². The van der Waals surface area contributed by atoms with Crippen LogP contribution in [0.5, 0.6) is 0 Å². The molecular weight excluding hydrogens is 896 g/mol. The first-order valence-corrected chi connectivity index (χ1v) is 27.3. The Bertz CT molecular complexity index is 3970. The summed E-state index contributed by atoms with van der Waals surface area (Å²) in [5, 5.41) is 5.90.